The topological polar surface area (TPSA) is 29.3 Å². The molecule has 0 spiro atoms. The first-order valence-corrected chi connectivity index (χ1v) is 6.62. The van der Waals surface area contributed by atoms with Gasteiger partial charge in [-0.2, -0.15) is 0 Å². The Bertz CT molecular complexity index is 336. The third-order valence-electron chi connectivity index (χ3n) is 2.47. The number of nitrogens with two attached hydrogens (primary N) is 1. The minimum absolute atomic E-state index is 0.838. The minimum atomic E-state index is 0.838. The first kappa shape index (κ1) is 13.0. The van der Waals surface area contributed by atoms with Gasteiger partial charge < -0.3 is 5.73 Å². The molecule has 0 unspecified atom stereocenters. The van der Waals surface area contributed by atoms with Gasteiger partial charge in [-0.1, -0.05) is 29.8 Å². The van der Waals surface area contributed by atoms with Gasteiger partial charge in [-0.3, -0.25) is 4.90 Å². The molecule has 1 rings (SSSR count). The van der Waals surface area contributed by atoms with Crippen molar-refractivity contribution in [2.45, 2.75) is 20.4 Å². The van der Waals surface area contributed by atoms with Crippen LogP contribution in [-0.2, 0) is 6.54 Å². The molecule has 15 heavy (non-hydrogen) atoms. The normalized spacial score (nSPS) is 11.0. The van der Waals surface area contributed by atoms with Gasteiger partial charge >= 0.3 is 0 Å². The molecule has 0 aliphatic carbocycles. The van der Waals surface area contributed by atoms with Crippen LogP contribution in [0.1, 0.15) is 19.4 Å². The van der Waals surface area contributed by atoms with Crippen LogP contribution >= 0.6 is 31.9 Å². The lowest BCUT2D eigenvalue weighted by Gasteiger charge is -2.19. The third-order valence-corrected chi connectivity index (χ3v) is 3.58. The number of halogens is 2. The molecule has 1 aromatic carbocycles. The SMILES string of the molecule is CCN(CC)Cc1cc(Br)cc(Br)c1N. The molecule has 0 saturated heterocycles. The number of hydrogen-bond acceptors (Lipinski definition) is 2. The zero-order valence-corrected chi connectivity index (χ0v) is 12.2. The molecule has 0 bridgehead atoms. The summed E-state index contributed by atoms with van der Waals surface area (Å²) < 4.78 is 2.02. The van der Waals surface area contributed by atoms with Crippen LogP contribution in [0, 0.1) is 0 Å². The summed E-state index contributed by atoms with van der Waals surface area (Å²) in [6, 6.07) is 4.06. The van der Waals surface area contributed by atoms with Crippen molar-refractivity contribution < 1.29 is 0 Å². The van der Waals surface area contributed by atoms with Gasteiger partial charge in [0.25, 0.3) is 0 Å². The van der Waals surface area contributed by atoms with Crippen molar-refractivity contribution in [2.24, 2.45) is 0 Å². The van der Waals surface area contributed by atoms with Crippen LogP contribution in [-0.4, -0.2) is 18.0 Å². The number of nitrogens with zero attached hydrogens (tertiary/aromatic N) is 1. The molecule has 0 aliphatic rings. The Morgan fingerprint density at radius 2 is 1.80 bits per heavy atom. The summed E-state index contributed by atoms with van der Waals surface area (Å²) in [5.41, 5.74) is 8.02. The van der Waals surface area contributed by atoms with E-state index in [1.165, 1.54) is 5.56 Å². The summed E-state index contributed by atoms with van der Waals surface area (Å²) in [6.45, 7) is 7.30. The van der Waals surface area contributed by atoms with Gasteiger partial charge in [0, 0.05) is 15.5 Å². The van der Waals surface area contributed by atoms with Crippen LogP contribution in [0.5, 0.6) is 0 Å². The molecule has 0 amide bonds. The maximum atomic E-state index is 6.01. The van der Waals surface area contributed by atoms with Crippen molar-refractivity contribution in [2.75, 3.05) is 18.8 Å². The van der Waals surface area contributed by atoms with E-state index in [2.05, 4.69) is 56.7 Å². The average Bonchev–Trinajstić information content (AvgIpc) is 2.21. The van der Waals surface area contributed by atoms with Crippen LogP contribution in [0.4, 0.5) is 5.69 Å². The fourth-order valence-corrected chi connectivity index (χ4v) is 2.77. The summed E-state index contributed by atoms with van der Waals surface area (Å²) in [7, 11) is 0. The van der Waals surface area contributed by atoms with Gasteiger partial charge in [-0.15, -0.1) is 0 Å². The highest BCUT2D eigenvalue weighted by Crippen LogP contribution is 2.28. The van der Waals surface area contributed by atoms with E-state index < -0.39 is 0 Å². The van der Waals surface area contributed by atoms with Crippen LogP contribution in [0.25, 0.3) is 0 Å². The van der Waals surface area contributed by atoms with E-state index in [1.807, 2.05) is 6.07 Å². The maximum Gasteiger partial charge on any atom is 0.0504 e. The molecular weight excluding hydrogens is 320 g/mol. The zero-order chi connectivity index (χ0) is 11.4. The van der Waals surface area contributed by atoms with Crippen molar-refractivity contribution in [1.29, 1.82) is 0 Å². The van der Waals surface area contributed by atoms with Gasteiger partial charge in [0.2, 0.25) is 0 Å². The van der Waals surface area contributed by atoms with Crippen LogP contribution in [0.15, 0.2) is 21.1 Å². The third kappa shape index (κ3) is 3.47. The summed E-state index contributed by atoms with van der Waals surface area (Å²) >= 11 is 6.93. The number of nitrogen functional groups attached to an aromatic ring is 1. The van der Waals surface area contributed by atoms with Crippen LogP contribution in [0.2, 0.25) is 0 Å². The lowest BCUT2D eigenvalue weighted by molar-refractivity contribution is 0.296. The average molecular weight is 336 g/mol. The minimum Gasteiger partial charge on any atom is -0.398 e. The standard InChI is InChI=1S/C11H16Br2N2/c1-3-15(4-2)7-8-5-9(12)6-10(13)11(8)14/h5-6H,3-4,7,14H2,1-2H3. The molecule has 1 aromatic rings. The highest BCUT2D eigenvalue weighted by molar-refractivity contribution is 9.11. The molecule has 0 radical (unpaired) electrons. The second-order valence-electron chi connectivity index (χ2n) is 3.42. The predicted octanol–water partition coefficient (Wildman–Crippen LogP) is 3.64. The Hall–Kier alpha value is -0.0600. The molecule has 0 saturated carbocycles. The number of anilines is 1. The fourth-order valence-electron chi connectivity index (χ4n) is 1.46. The predicted molar refractivity (Wildman–Crippen MR) is 72.9 cm³/mol. The molecule has 0 fully saturated rings. The van der Waals surface area contributed by atoms with Crippen molar-refractivity contribution in [3.63, 3.8) is 0 Å². The van der Waals surface area contributed by atoms with Crippen molar-refractivity contribution in [1.82, 2.24) is 4.90 Å². The molecular formula is C11H16Br2N2. The van der Waals surface area contributed by atoms with E-state index in [0.717, 1.165) is 34.3 Å². The molecule has 0 aliphatic heterocycles. The summed E-state index contributed by atoms with van der Waals surface area (Å²) in [4.78, 5) is 2.34. The van der Waals surface area contributed by atoms with E-state index in [1.54, 1.807) is 0 Å². The van der Waals surface area contributed by atoms with Gasteiger partial charge in [-0.25, -0.2) is 0 Å². The number of benzene rings is 1. The summed E-state index contributed by atoms with van der Waals surface area (Å²) in [5.74, 6) is 0. The van der Waals surface area contributed by atoms with E-state index in [0.29, 0.717) is 0 Å². The van der Waals surface area contributed by atoms with Crippen LogP contribution in [0.3, 0.4) is 0 Å². The Morgan fingerprint density at radius 1 is 1.20 bits per heavy atom. The van der Waals surface area contributed by atoms with Gasteiger partial charge in [0.1, 0.15) is 0 Å². The van der Waals surface area contributed by atoms with Gasteiger partial charge in [0.05, 0.1) is 5.69 Å². The maximum absolute atomic E-state index is 6.01. The first-order valence-electron chi connectivity index (χ1n) is 5.04. The molecule has 0 atom stereocenters. The van der Waals surface area contributed by atoms with Crippen LogP contribution < -0.4 is 5.73 Å². The number of hydrogen-bond donors (Lipinski definition) is 1. The largest absolute Gasteiger partial charge is 0.398 e. The monoisotopic (exact) mass is 334 g/mol. The molecule has 0 aromatic heterocycles. The second-order valence-corrected chi connectivity index (χ2v) is 5.19. The quantitative estimate of drug-likeness (QED) is 0.851. The summed E-state index contributed by atoms with van der Waals surface area (Å²) in [5, 5.41) is 0. The summed E-state index contributed by atoms with van der Waals surface area (Å²) in [6.07, 6.45) is 0. The lowest BCUT2D eigenvalue weighted by atomic mass is 10.1. The van der Waals surface area contributed by atoms with E-state index in [4.69, 9.17) is 5.73 Å². The first-order chi connectivity index (χ1) is 7.08. The lowest BCUT2D eigenvalue weighted by Crippen LogP contribution is -2.22. The zero-order valence-electron chi connectivity index (χ0n) is 9.06. The molecule has 2 nitrogen and oxygen atoms in total. The van der Waals surface area contributed by atoms with Crippen molar-refractivity contribution in [3.8, 4) is 0 Å². The Balaban J connectivity index is 2.93. The Morgan fingerprint density at radius 3 is 2.33 bits per heavy atom. The van der Waals surface area contributed by atoms with Gasteiger partial charge in [-0.05, 0) is 46.7 Å². The molecule has 84 valence electrons. The highest BCUT2D eigenvalue weighted by Gasteiger charge is 2.08. The van der Waals surface area contributed by atoms with Crippen molar-refractivity contribution in [3.05, 3.63) is 26.6 Å². The molecule has 4 heteroatoms. The molecule has 0 heterocycles. The Labute approximate surface area is 108 Å². The number of rotatable bonds is 4. The highest BCUT2D eigenvalue weighted by atomic mass is 79.9. The van der Waals surface area contributed by atoms with E-state index in [9.17, 15) is 0 Å². The van der Waals surface area contributed by atoms with E-state index >= 15 is 0 Å². The smallest absolute Gasteiger partial charge is 0.0504 e. The van der Waals surface area contributed by atoms with E-state index in [-0.39, 0.29) is 0 Å². The fraction of sp³-hybridized carbons (Fsp3) is 0.455. The van der Waals surface area contributed by atoms with Gasteiger partial charge in [0.15, 0.2) is 0 Å². The second kappa shape index (κ2) is 5.87. The van der Waals surface area contributed by atoms with Crippen molar-refractivity contribution >= 4 is 37.5 Å². The Kier molecular flexibility index (Phi) is 5.09. The molecule has 2 N–H and O–H groups in total.